The van der Waals surface area contributed by atoms with Crippen molar-refractivity contribution in [2.24, 2.45) is 0 Å². The van der Waals surface area contributed by atoms with Crippen LogP contribution in [0.25, 0.3) is 0 Å². The second-order valence-electron chi connectivity index (χ2n) is 3.60. The van der Waals surface area contributed by atoms with Crippen molar-refractivity contribution in [2.45, 2.75) is 13.5 Å². The fraction of sp³-hybridized carbons (Fsp3) is 0.182. The van der Waals surface area contributed by atoms with Crippen molar-refractivity contribution in [3.05, 3.63) is 45.5 Å². The molecule has 2 aromatic heterocycles. The Balaban J connectivity index is 2.05. The smallest absolute Gasteiger partial charge is 0.253 e. The Morgan fingerprint density at radius 2 is 2.22 bits per heavy atom. The molecule has 2 aromatic rings. The van der Waals surface area contributed by atoms with Crippen LogP contribution >= 0.6 is 23.2 Å². The number of rotatable bonds is 3. The molecule has 0 saturated carbocycles. The fourth-order valence-corrected chi connectivity index (χ4v) is 1.70. The second-order valence-corrected chi connectivity index (χ2v) is 4.40. The molecule has 18 heavy (non-hydrogen) atoms. The SMILES string of the molecule is Cc1cc(CNC(=O)c2cc(Cl)ncc2Cl)on1. The average molecular weight is 286 g/mol. The summed E-state index contributed by atoms with van der Waals surface area (Å²) in [5, 5.41) is 6.82. The number of amides is 1. The van der Waals surface area contributed by atoms with Crippen molar-refractivity contribution < 1.29 is 9.32 Å². The lowest BCUT2D eigenvalue weighted by Gasteiger charge is -2.04. The lowest BCUT2D eigenvalue weighted by Crippen LogP contribution is -2.23. The molecule has 0 bridgehead atoms. The highest BCUT2D eigenvalue weighted by Gasteiger charge is 2.12. The highest BCUT2D eigenvalue weighted by molar-refractivity contribution is 6.35. The Bertz CT molecular complexity index is 583. The van der Waals surface area contributed by atoms with E-state index >= 15 is 0 Å². The molecule has 5 nitrogen and oxygen atoms in total. The Morgan fingerprint density at radius 3 is 2.89 bits per heavy atom. The van der Waals surface area contributed by atoms with Gasteiger partial charge in [0.05, 0.1) is 22.8 Å². The standard InChI is InChI=1S/C11H9Cl2N3O2/c1-6-2-7(18-16-6)4-15-11(17)8-3-10(13)14-5-9(8)12/h2-3,5H,4H2,1H3,(H,15,17). The number of pyridine rings is 1. The zero-order chi connectivity index (χ0) is 13.1. The normalized spacial score (nSPS) is 10.4. The lowest BCUT2D eigenvalue weighted by atomic mass is 10.2. The topological polar surface area (TPSA) is 68.0 Å². The number of nitrogens with one attached hydrogen (secondary N) is 1. The summed E-state index contributed by atoms with van der Waals surface area (Å²) in [6, 6.07) is 3.15. The zero-order valence-electron chi connectivity index (χ0n) is 9.41. The molecule has 0 radical (unpaired) electrons. The largest absolute Gasteiger partial charge is 0.359 e. The zero-order valence-corrected chi connectivity index (χ0v) is 10.9. The molecule has 0 atom stereocenters. The fourth-order valence-electron chi connectivity index (χ4n) is 1.35. The molecule has 7 heteroatoms. The van der Waals surface area contributed by atoms with Gasteiger partial charge in [-0.2, -0.15) is 0 Å². The molecule has 0 fully saturated rings. The maximum atomic E-state index is 11.9. The summed E-state index contributed by atoms with van der Waals surface area (Å²) in [7, 11) is 0. The van der Waals surface area contributed by atoms with Gasteiger partial charge in [-0.1, -0.05) is 28.4 Å². The summed E-state index contributed by atoms with van der Waals surface area (Å²) in [5.41, 5.74) is 1.03. The van der Waals surface area contributed by atoms with E-state index in [1.165, 1.54) is 12.3 Å². The minimum absolute atomic E-state index is 0.208. The summed E-state index contributed by atoms with van der Waals surface area (Å²) in [6.45, 7) is 2.03. The van der Waals surface area contributed by atoms with Crippen LogP contribution in [0.2, 0.25) is 10.2 Å². The van der Waals surface area contributed by atoms with Crippen LogP contribution in [0.5, 0.6) is 0 Å². The third kappa shape index (κ3) is 3.00. The molecule has 0 aliphatic rings. The van der Waals surface area contributed by atoms with Gasteiger partial charge in [-0.15, -0.1) is 0 Å². The van der Waals surface area contributed by atoms with E-state index in [0.29, 0.717) is 5.76 Å². The van der Waals surface area contributed by atoms with Gasteiger partial charge in [-0.3, -0.25) is 4.79 Å². The Labute approximate surface area is 113 Å². The Kier molecular flexibility index (Phi) is 3.84. The number of carbonyl (C=O) groups is 1. The molecule has 1 N–H and O–H groups in total. The van der Waals surface area contributed by atoms with Gasteiger partial charge in [-0.25, -0.2) is 4.98 Å². The Morgan fingerprint density at radius 1 is 1.44 bits per heavy atom. The molecule has 0 saturated heterocycles. The van der Waals surface area contributed by atoms with E-state index in [1.54, 1.807) is 13.0 Å². The molecular weight excluding hydrogens is 277 g/mol. The van der Waals surface area contributed by atoms with Gasteiger partial charge < -0.3 is 9.84 Å². The number of hydrogen-bond acceptors (Lipinski definition) is 4. The average Bonchev–Trinajstić information content (AvgIpc) is 2.75. The minimum atomic E-state index is -0.349. The van der Waals surface area contributed by atoms with E-state index in [2.05, 4.69) is 15.5 Å². The molecule has 1 amide bonds. The summed E-state index contributed by atoms with van der Waals surface area (Å²) in [6.07, 6.45) is 1.33. The van der Waals surface area contributed by atoms with Crippen LogP contribution in [0.15, 0.2) is 22.9 Å². The van der Waals surface area contributed by atoms with Crippen molar-refractivity contribution in [1.29, 1.82) is 0 Å². The predicted octanol–water partition coefficient (Wildman–Crippen LogP) is 2.61. The molecule has 0 unspecified atom stereocenters. The molecule has 94 valence electrons. The molecule has 0 aliphatic carbocycles. The maximum absolute atomic E-state index is 11.9. The summed E-state index contributed by atoms with van der Waals surface area (Å²) >= 11 is 11.6. The van der Waals surface area contributed by atoms with Crippen LogP contribution in [-0.4, -0.2) is 16.0 Å². The molecular formula is C11H9Cl2N3O2. The van der Waals surface area contributed by atoms with Crippen molar-refractivity contribution in [1.82, 2.24) is 15.5 Å². The van der Waals surface area contributed by atoms with Gasteiger partial charge in [0.15, 0.2) is 5.76 Å². The van der Waals surface area contributed by atoms with Crippen LogP contribution in [0.3, 0.4) is 0 Å². The Hall–Kier alpha value is -1.59. The first-order valence-electron chi connectivity index (χ1n) is 5.07. The van der Waals surface area contributed by atoms with Crippen LogP contribution in [0, 0.1) is 6.92 Å². The first-order valence-corrected chi connectivity index (χ1v) is 5.83. The maximum Gasteiger partial charge on any atom is 0.253 e. The third-order valence-corrected chi connectivity index (χ3v) is 2.67. The second kappa shape index (κ2) is 5.37. The summed E-state index contributed by atoms with van der Waals surface area (Å²) in [4.78, 5) is 15.6. The van der Waals surface area contributed by atoms with Crippen molar-refractivity contribution >= 4 is 29.1 Å². The first-order chi connectivity index (χ1) is 8.56. The van der Waals surface area contributed by atoms with E-state index < -0.39 is 0 Å². The van der Waals surface area contributed by atoms with Gasteiger partial charge in [0.2, 0.25) is 0 Å². The minimum Gasteiger partial charge on any atom is -0.359 e. The van der Waals surface area contributed by atoms with Crippen LogP contribution in [0.4, 0.5) is 0 Å². The number of aryl methyl sites for hydroxylation is 1. The number of carbonyl (C=O) groups excluding carboxylic acids is 1. The highest BCUT2D eigenvalue weighted by atomic mass is 35.5. The third-order valence-electron chi connectivity index (χ3n) is 2.17. The first kappa shape index (κ1) is 12.9. The van der Waals surface area contributed by atoms with E-state index in [4.69, 9.17) is 27.7 Å². The van der Waals surface area contributed by atoms with Crippen molar-refractivity contribution in [3.63, 3.8) is 0 Å². The molecule has 2 heterocycles. The van der Waals surface area contributed by atoms with Crippen LogP contribution in [-0.2, 0) is 6.54 Å². The number of aromatic nitrogens is 2. The number of nitrogens with zero attached hydrogens (tertiary/aromatic N) is 2. The van der Waals surface area contributed by atoms with E-state index in [0.717, 1.165) is 5.69 Å². The van der Waals surface area contributed by atoms with Crippen molar-refractivity contribution in [2.75, 3.05) is 0 Å². The van der Waals surface area contributed by atoms with E-state index in [1.807, 2.05) is 0 Å². The molecule has 0 spiro atoms. The monoisotopic (exact) mass is 285 g/mol. The summed E-state index contributed by atoms with van der Waals surface area (Å²) in [5.74, 6) is 0.218. The molecule has 0 aliphatic heterocycles. The number of hydrogen-bond donors (Lipinski definition) is 1. The van der Waals surface area contributed by atoms with Gasteiger partial charge in [0, 0.05) is 12.3 Å². The van der Waals surface area contributed by atoms with Crippen molar-refractivity contribution in [3.8, 4) is 0 Å². The van der Waals surface area contributed by atoms with Gasteiger partial charge in [0.1, 0.15) is 5.15 Å². The summed E-state index contributed by atoms with van der Waals surface area (Å²) < 4.78 is 4.97. The van der Waals surface area contributed by atoms with Gasteiger partial charge in [0.25, 0.3) is 5.91 Å². The predicted molar refractivity (Wildman–Crippen MR) is 66.7 cm³/mol. The van der Waals surface area contributed by atoms with Gasteiger partial charge in [-0.05, 0) is 13.0 Å². The molecule has 2 rings (SSSR count). The highest BCUT2D eigenvalue weighted by Crippen LogP contribution is 2.18. The number of halogens is 2. The van der Waals surface area contributed by atoms with Gasteiger partial charge >= 0.3 is 0 Å². The van der Waals surface area contributed by atoms with Crippen LogP contribution < -0.4 is 5.32 Å². The quantitative estimate of drug-likeness (QED) is 0.881. The van der Waals surface area contributed by atoms with Crippen LogP contribution in [0.1, 0.15) is 21.8 Å². The lowest BCUT2D eigenvalue weighted by molar-refractivity contribution is 0.0947. The van der Waals surface area contributed by atoms with E-state index in [9.17, 15) is 4.79 Å². The van der Waals surface area contributed by atoms with E-state index in [-0.39, 0.29) is 28.2 Å². The molecule has 0 aromatic carbocycles.